The van der Waals surface area contributed by atoms with E-state index in [1.165, 1.54) is 0 Å². The van der Waals surface area contributed by atoms with Gasteiger partial charge in [0.2, 0.25) is 5.78 Å². The van der Waals surface area contributed by atoms with Crippen LogP contribution in [0.5, 0.6) is 11.6 Å². The Morgan fingerprint density at radius 3 is 2.38 bits per heavy atom. The summed E-state index contributed by atoms with van der Waals surface area (Å²) in [5.74, 6) is -0.616. The molecule has 0 fully saturated rings. The van der Waals surface area contributed by atoms with Gasteiger partial charge >= 0.3 is 0 Å². The Hall–Kier alpha value is -5.90. The molecule has 192 valence electrons. The molecule has 0 aliphatic carbocycles. The Labute approximate surface area is 224 Å². The molecular formula is C30H17N5O5. The van der Waals surface area contributed by atoms with Crippen molar-refractivity contribution >= 4 is 50.7 Å². The van der Waals surface area contributed by atoms with E-state index in [9.17, 15) is 19.8 Å². The van der Waals surface area contributed by atoms with Crippen molar-refractivity contribution in [3.8, 4) is 11.6 Å². The number of rotatable bonds is 2. The maximum atomic E-state index is 12.4. The van der Waals surface area contributed by atoms with Crippen LogP contribution in [0.3, 0.4) is 0 Å². The lowest BCUT2D eigenvalue weighted by atomic mass is 10.0. The van der Waals surface area contributed by atoms with E-state index in [0.717, 1.165) is 0 Å². The minimum absolute atomic E-state index is 0.0455. The van der Waals surface area contributed by atoms with Crippen molar-refractivity contribution < 1.29 is 24.2 Å². The largest absolute Gasteiger partial charge is 0.504 e. The zero-order valence-electron chi connectivity index (χ0n) is 20.5. The highest BCUT2D eigenvalue weighted by Crippen LogP contribution is 2.36. The molecule has 2 aromatic carbocycles. The third-order valence-electron chi connectivity index (χ3n) is 6.66. The number of aromatic nitrogens is 3. The van der Waals surface area contributed by atoms with Crippen molar-refractivity contribution in [3.05, 3.63) is 113 Å². The Morgan fingerprint density at radius 1 is 0.775 bits per heavy atom. The van der Waals surface area contributed by atoms with Crippen LogP contribution >= 0.6 is 0 Å². The molecule has 0 bridgehead atoms. The van der Waals surface area contributed by atoms with Gasteiger partial charge in [0.05, 0.1) is 22.2 Å². The number of hydrogen-bond donors (Lipinski definition) is 3. The third-order valence-corrected chi connectivity index (χ3v) is 6.66. The lowest BCUT2D eigenvalue weighted by Crippen LogP contribution is -2.25. The summed E-state index contributed by atoms with van der Waals surface area (Å²) in [5, 5.41) is 22.2. The van der Waals surface area contributed by atoms with Gasteiger partial charge in [-0.2, -0.15) is 4.99 Å². The number of aliphatic imine (C=N–C) groups is 1. The highest BCUT2D eigenvalue weighted by molar-refractivity contribution is 6.56. The quantitative estimate of drug-likeness (QED) is 0.311. The molecule has 0 atom stereocenters. The molecule has 0 radical (unpaired) electrons. The summed E-state index contributed by atoms with van der Waals surface area (Å²) in [6.07, 6.45) is 3.19. The highest BCUT2D eigenvalue weighted by Gasteiger charge is 2.30. The van der Waals surface area contributed by atoms with Crippen LogP contribution < -0.4 is 10.7 Å². The summed E-state index contributed by atoms with van der Waals surface area (Å²) in [4.78, 5) is 43.6. The number of furan rings is 1. The number of aromatic amines is 1. The summed E-state index contributed by atoms with van der Waals surface area (Å²) in [6.45, 7) is 0. The van der Waals surface area contributed by atoms with Crippen molar-refractivity contribution in [2.45, 2.75) is 0 Å². The second-order valence-electron chi connectivity index (χ2n) is 9.00. The topological polar surface area (TPSA) is 154 Å². The molecule has 3 N–H and O–H groups in total. The number of fused-ring (bicyclic) bond motifs is 4. The molecular weight excluding hydrogens is 510 g/mol. The first kappa shape index (κ1) is 23.2. The van der Waals surface area contributed by atoms with Crippen LogP contribution in [0.25, 0.3) is 27.6 Å². The first-order chi connectivity index (χ1) is 19.5. The van der Waals surface area contributed by atoms with Gasteiger partial charge in [-0.05, 0) is 48.5 Å². The molecule has 1 amide bonds. The molecule has 0 unspecified atom stereocenters. The van der Waals surface area contributed by atoms with Crippen LogP contribution in [0.1, 0.15) is 21.7 Å². The maximum Gasteiger partial charge on any atom is 0.283 e. The van der Waals surface area contributed by atoms with E-state index in [4.69, 9.17) is 4.42 Å². The van der Waals surface area contributed by atoms with Crippen molar-refractivity contribution in [3.63, 3.8) is 0 Å². The predicted octanol–water partition coefficient (Wildman–Crippen LogP) is 3.48. The first-order valence-electron chi connectivity index (χ1n) is 12.2. The monoisotopic (exact) mass is 527 g/mol. The van der Waals surface area contributed by atoms with E-state index >= 15 is 0 Å². The number of nitrogens with one attached hydrogen (secondary N) is 1. The molecule has 0 saturated heterocycles. The third kappa shape index (κ3) is 3.51. The van der Waals surface area contributed by atoms with Gasteiger partial charge in [-0.25, -0.2) is 15.0 Å². The molecule has 8 rings (SSSR count). The summed E-state index contributed by atoms with van der Waals surface area (Å²) in [7, 11) is 0. The number of H-pyrrole nitrogens is 1. The van der Waals surface area contributed by atoms with Crippen molar-refractivity contribution in [2.24, 2.45) is 9.98 Å². The number of pyridine rings is 2. The molecule has 10 heteroatoms. The fourth-order valence-electron chi connectivity index (χ4n) is 4.85. The van der Waals surface area contributed by atoms with Gasteiger partial charge in [-0.15, -0.1) is 0 Å². The molecule has 0 saturated carbocycles. The zero-order valence-corrected chi connectivity index (χ0v) is 20.5. The van der Waals surface area contributed by atoms with E-state index in [-0.39, 0.29) is 34.5 Å². The Bertz CT molecular complexity index is 2190. The number of nitrogens with zero attached hydrogens (tertiary/aromatic N) is 4. The predicted molar refractivity (Wildman–Crippen MR) is 145 cm³/mol. The van der Waals surface area contributed by atoms with E-state index in [0.29, 0.717) is 49.5 Å². The van der Waals surface area contributed by atoms with E-state index in [2.05, 4.69) is 24.9 Å². The number of carbonyl (C=O) groups is 2. The number of aromatic hydroxyl groups is 2. The van der Waals surface area contributed by atoms with Gasteiger partial charge in [0.1, 0.15) is 16.9 Å². The van der Waals surface area contributed by atoms with Crippen LogP contribution in [0.4, 0.5) is 5.69 Å². The second kappa shape index (κ2) is 8.84. The smallest absolute Gasteiger partial charge is 0.283 e. The number of benzene rings is 2. The van der Waals surface area contributed by atoms with Crippen molar-refractivity contribution in [1.29, 1.82) is 0 Å². The lowest BCUT2D eigenvalue weighted by molar-refractivity contribution is -0.112. The molecule has 4 aromatic heterocycles. The van der Waals surface area contributed by atoms with Crippen molar-refractivity contribution in [2.75, 3.05) is 0 Å². The van der Waals surface area contributed by atoms with Crippen molar-refractivity contribution in [1.82, 2.24) is 15.0 Å². The molecule has 2 aliphatic rings. The standard InChI is InChI=1S/C15H9N3O2.C15H8N2O3/c19-13-8-4-1-2-6-10(8)17-12(13)11-9-5-3-7-16-14(9)18-15(11)20;18-12-8-4-1-2-6-10(8)20-13(12)11-9-5-3-7-16-14(9)17-15(11)19/h1-7,20H,(H,16,18);1-7,18H. The lowest BCUT2D eigenvalue weighted by Gasteiger charge is -1.98. The summed E-state index contributed by atoms with van der Waals surface area (Å²) < 4.78 is 5.61. The molecule has 10 nitrogen and oxygen atoms in total. The van der Waals surface area contributed by atoms with Gasteiger partial charge < -0.3 is 19.6 Å². The number of ketones is 1. The summed E-state index contributed by atoms with van der Waals surface area (Å²) >= 11 is 0. The Balaban J connectivity index is 0.000000132. The minimum Gasteiger partial charge on any atom is -0.504 e. The van der Waals surface area contributed by atoms with Gasteiger partial charge in [-0.1, -0.05) is 24.3 Å². The number of amides is 1. The number of carbonyl (C=O) groups excluding carboxylic acids is 2. The Morgan fingerprint density at radius 2 is 1.52 bits per heavy atom. The highest BCUT2D eigenvalue weighted by atomic mass is 16.4. The SMILES string of the molecule is O=C1C(c2c(O)[nH]c3ncccc23)=Nc2ccccc21.O=C1N=c2ncccc2=C1c1oc2ccccc2c1O. The van der Waals surface area contributed by atoms with Crippen LogP contribution in [0.2, 0.25) is 0 Å². The number of hydrogen-bond acceptors (Lipinski definition) is 8. The van der Waals surface area contributed by atoms with Crippen LogP contribution in [-0.4, -0.2) is 42.6 Å². The Kier molecular flexibility index (Phi) is 5.14. The maximum absolute atomic E-state index is 12.4. The van der Waals surface area contributed by atoms with Gasteiger partial charge in [-0.3, -0.25) is 9.59 Å². The van der Waals surface area contributed by atoms with Crippen LogP contribution in [0.15, 0.2) is 99.6 Å². The summed E-state index contributed by atoms with van der Waals surface area (Å²) in [6, 6.07) is 21.2. The molecule has 6 aromatic rings. The normalized spacial score (nSPS) is 13.6. The van der Waals surface area contributed by atoms with Gasteiger partial charge in [0, 0.05) is 28.6 Å². The minimum atomic E-state index is -0.451. The van der Waals surface area contributed by atoms with E-state index in [1.807, 2.05) is 6.07 Å². The van der Waals surface area contributed by atoms with Gasteiger partial charge in [0.25, 0.3) is 5.91 Å². The summed E-state index contributed by atoms with van der Waals surface area (Å²) in [5.41, 5.74) is 3.51. The average Bonchev–Trinajstić information content (AvgIpc) is 3.69. The van der Waals surface area contributed by atoms with Crippen LogP contribution in [-0.2, 0) is 4.79 Å². The molecule has 6 heterocycles. The van der Waals surface area contributed by atoms with E-state index < -0.39 is 5.91 Å². The van der Waals surface area contributed by atoms with Gasteiger partial charge in [0.15, 0.2) is 22.9 Å². The fourth-order valence-corrected chi connectivity index (χ4v) is 4.85. The molecule has 2 aliphatic heterocycles. The molecule has 0 spiro atoms. The van der Waals surface area contributed by atoms with E-state index in [1.54, 1.807) is 79.1 Å². The zero-order chi connectivity index (χ0) is 27.4. The number of Topliss-reactive ketones (excluding diaryl/α,β-unsaturated/α-hetero) is 1. The second-order valence-corrected chi connectivity index (χ2v) is 9.00. The molecule has 40 heavy (non-hydrogen) atoms. The average molecular weight is 527 g/mol. The number of para-hydroxylation sites is 2. The van der Waals surface area contributed by atoms with Crippen LogP contribution in [0, 0.1) is 0 Å². The first-order valence-corrected chi connectivity index (χ1v) is 12.2. The fraction of sp³-hybridized carbons (Fsp3) is 0.